The number of aryl methyl sites for hydroxylation is 1. The molecule has 2 aromatic carbocycles. The lowest BCUT2D eigenvalue weighted by Crippen LogP contribution is -2.41. The van der Waals surface area contributed by atoms with E-state index in [0.29, 0.717) is 41.6 Å². The number of likely N-dealkylation sites (tertiary alicyclic amines) is 1. The van der Waals surface area contributed by atoms with Crippen LogP contribution in [0.25, 0.3) is 16.9 Å². The van der Waals surface area contributed by atoms with Crippen LogP contribution in [0.5, 0.6) is 11.6 Å². The maximum absolute atomic E-state index is 15.3. The average molecular weight is 657 g/mol. The molecular formula is C34H38F2N10O2. The topological polar surface area (TPSA) is 137 Å². The van der Waals surface area contributed by atoms with Gasteiger partial charge in [-0.05, 0) is 99.6 Å². The summed E-state index contributed by atoms with van der Waals surface area (Å²) < 4.78 is 37.2. The van der Waals surface area contributed by atoms with Crippen LogP contribution in [-0.4, -0.2) is 79.9 Å². The van der Waals surface area contributed by atoms with Gasteiger partial charge < -0.3 is 25.6 Å². The highest BCUT2D eigenvalue weighted by atomic mass is 19.2. The molecule has 2 aliphatic rings. The molecule has 1 atom stereocenters. The molecule has 3 aromatic heterocycles. The zero-order valence-electron chi connectivity index (χ0n) is 26.7. The predicted molar refractivity (Wildman–Crippen MR) is 176 cm³/mol. The van der Waals surface area contributed by atoms with Crippen molar-refractivity contribution in [2.75, 3.05) is 44.6 Å². The SMILES string of the molecule is CCc1cc(Nc2nccn3c(-c4ccc(Oc5cnn[nH]5)c(F)c4F)cnc23)ccc1C(=O)NCC1CCN(CC2CCNC2)CC1. The first-order valence-electron chi connectivity index (χ1n) is 16.4. The van der Waals surface area contributed by atoms with Crippen molar-refractivity contribution in [2.24, 2.45) is 11.8 Å². The number of H-pyrrole nitrogens is 1. The molecule has 0 saturated carbocycles. The van der Waals surface area contributed by atoms with Crippen LogP contribution in [0.4, 0.5) is 20.3 Å². The second kappa shape index (κ2) is 14.0. The van der Waals surface area contributed by atoms with Crippen LogP contribution in [-0.2, 0) is 6.42 Å². The van der Waals surface area contributed by atoms with E-state index >= 15 is 4.39 Å². The fourth-order valence-electron chi connectivity index (χ4n) is 6.63. The Morgan fingerprint density at radius 1 is 1.06 bits per heavy atom. The molecule has 0 radical (unpaired) electrons. The predicted octanol–water partition coefficient (Wildman–Crippen LogP) is 4.94. The number of hydrogen-bond acceptors (Lipinski definition) is 9. The first kappa shape index (κ1) is 31.6. The summed E-state index contributed by atoms with van der Waals surface area (Å²) in [5, 5.41) is 19.4. The number of carbonyl (C=O) groups is 1. The van der Waals surface area contributed by atoms with Gasteiger partial charge in [0.25, 0.3) is 5.91 Å². The molecule has 250 valence electrons. The molecule has 12 nitrogen and oxygen atoms in total. The minimum atomic E-state index is -1.15. The molecule has 2 fully saturated rings. The Hall–Kier alpha value is -4.95. The number of nitrogens with one attached hydrogen (secondary N) is 4. The summed E-state index contributed by atoms with van der Waals surface area (Å²) in [5.41, 5.74) is 3.03. The van der Waals surface area contributed by atoms with Gasteiger partial charge in [0.2, 0.25) is 11.7 Å². The number of imidazole rings is 1. The van der Waals surface area contributed by atoms with E-state index in [1.165, 1.54) is 37.5 Å². The van der Waals surface area contributed by atoms with Gasteiger partial charge in [-0.25, -0.2) is 19.5 Å². The third kappa shape index (κ3) is 6.71. The van der Waals surface area contributed by atoms with Crippen molar-refractivity contribution in [1.82, 2.24) is 45.3 Å². The molecule has 4 N–H and O–H groups in total. The van der Waals surface area contributed by atoms with E-state index < -0.39 is 11.6 Å². The van der Waals surface area contributed by atoms with Gasteiger partial charge in [0.15, 0.2) is 23.0 Å². The molecule has 2 aliphatic heterocycles. The lowest BCUT2D eigenvalue weighted by atomic mass is 9.95. The summed E-state index contributed by atoms with van der Waals surface area (Å²) in [4.78, 5) is 24.7. The van der Waals surface area contributed by atoms with Gasteiger partial charge in [0, 0.05) is 42.3 Å². The number of benzene rings is 2. The molecule has 5 aromatic rings. The molecule has 2 saturated heterocycles. The van der Waals surface area contributed by atoms with Gasteiger partial charge in [0.1, 0.15) is 6.20 Å². The third-order valence-electron chi connectivity index (χ3n) is 9.29. The fraction of sp³-hybridized carbons (Fsp3) is 0.382. The van der Waals surface area contributed by atoms with Crippen molar-refractivity contribution >= 4 is 23.1 Å². The zero-order valence-corrected chi connectivity index (χ0v) is 26.7. The Kier molecular flexibility index (Phi) is 9.25. The van der Waals surface area contributed by atoms with Gasteiger partial charge in [-0.3, -0.25) is 9.20 Å². The Morgan fingerprint density at radius 3 is 2.71 bits per heavy atom. The summed E-state index contributed by atoms with van der Waals surface area (Å²) in [7, 11) is 0. The monoisotopic (exact) mass is 656 g/mol. The van der Waals surface area contributed by atoms with E-state index in [-0.39, 0.29) is 23.1 Å². The van der Waals surface area contributed by atoms with E-state index in [2.05, 4.69) is 46.2 Å². The summed E-state index contributed by atoms with van der Waals surface area (Å²) in [6, 6.07) is 8.35. The van der Waals surface area contributed by atoms with E-state index in [1.807, 2.05) is 25.1 Å². The molecule has 1 unspecified atom stereocenters. The quantitative estimate of drug-likeness (QED) is 0.156. The highest BCUT2D eigenvalue weighted by Gasteiger charge is 2.24. The Bertz CT molecular complexity index is 1880. The number of fused-ring (bicyclic) bond motifs is 1. The van der Waals surface area contributed by atoms with Crippen LogP contribution in [0.2, 0.25) is 0 Å². The molecule has 0 spiro atoms. The second-order valence-corrected chi connectivity index (χ2v) is 12.4. The molecule has 0 bridgehead atoms. The van der Waals surface area contributed by atoms with Crippen LogP contribution >= 0.6 is 0 Å². The van der Waals surface area contributed by atoms with E-state index in [1.54, 1.807) is 16.8 Å². The number of aromatic nitrogens is 6. The van der Waals surface area contributed by atoms with Crippen LogP contribution in [0.3, 0.4) is 0 Å². The highest BCUT2D eigenvalue weighted by molar-refractivity contribution is 5.96. The van der Waals surface area contributed by atoms with Crippen LogP contribution in [0.1, 0.15) is 42.1 Å². The largest absolute Gasteiger partial charge is 0.435 e. The Balaban J connectivity index is 1.01. The maximum atomic E-state index is 15.3. The molecule has 48 heavy (non-hydrogen) atoms. The van der Waals surface area contributed by atoms with E-state index in [9.17, 15) is 9.18 Å². The second-order valence-electron chi connectivity index (χ2n) is 12.4. The summed E-state index contributed by atoms with van der Waals surface area (Å²) in [6.45, 7) is 8.31. The first-order chi connectivity index (χ1) is 23.5. The van der Waals surface area contributed by atoms with Gasteiger partial charge in [-0.2, -0.15) is 4.39 Å². The lowest BCUT2D eigenvalue weighted by Gasteiger charge is -2.33. The van der Waals surface area contributed by atoms with E-state index in [0.717, 1.165) is 56.2 Å². The number of piperidine rings is 1. The number of halogens is 2. The van der Waals surface area contributed by atoms with Gasteiger partial charge in [0.05, 0.1) is 11.9 Å². The van der Waals surface area contributed by atoms with Crippen molar-refractivity contribution in [3.63, 3.8) is 0 Å². The molecule has 5 heterocycles. The maximum Gasteiger partial charge on any atom is 0.251 e. The van der Waals surface area contributed by atoms with Gasteiger partial charge >= 0.3 is 0 Å². The molecule has 1 amide bonds. The standard InChI is InChI=1S/C34H38F2N10O2/c1-2-23-15-24(3-4-25(23)34(47)40-17-21-8-12-45(13-9-21)20-22-7-10-37-16-22)42-32-33-39-18-27(46(33)14-11-38-32)26-5-6-28(31(36)30(26)35)48-29-19-41-44-43-29/h3-6,11,14-15,18-19,21-22,37H,2,7-10,12-13,16-17,20H2,1H3,(H,38,42)(H,40,47)(H,41,43,44). The highest BCUT2D eigenvalue weighted by Crippen LogP contribution is 2.33. The summed E-state index contributed by atoms with van der Waals surface area (Å²) in [6.07, 6.45) is 10.0. The fourth-order valence-corrected chi connectivity index (χ4v) is 6.63. The van der Waals surface area contributed by atoms with Crippen molar-refractivity contribution in [2.45, 2.75) is 32.6 Å². The normalized spacial score (nSPS) is 17.2. The van der Waals surface area contributed by atoms with Crippen LogP contribution in [0.15, 0.2) is 55.1 Å². The number of hydrogen-bond donors (Lipinski definition) is 4. The number of aromatic amines is 1. The summed E-state index contributed by atoms with van der Waals surface area (Å²) in [5.74, 6) is -0.864. The number of amides is 1. The molecule has 0 aliphatic carbocycles. The number of rotatable bonds is 11. The number of carbonyl (C=O) groups excluding carboxylic acids is 1. The van der Waals surface area contributed by atoms with Crippen molar-refractivity contribution in [3.05, 3.63) is 77.9 Å². The molecule has 14 heteroatoms. The Labute approximate surface area is 276 Å². The average Bonchev–Trinajstić information content (AvgIpc) is 3.90. The molecular weight excluding hydrogens is 618 g/mol. The molecule has 7 rings (SSSR count). The first-order valence-corrected chi connectivity index (χ1v) is 16.4. The minimum Gasteiger partial charge on any atom is -0.435 e. The lowest BCUT2D eigenvalue weighted by molar-refractivity contribution is 0.0933. The third-order valence-corrected chi connectivity index (χ3v) is 9.29. The van der Waals surface area contributed by atoms with Gasteiger partial charge in [-0.15, -0.1) is 5.10 Å². The minimum absolute atomic E-state index is 0.00282. The van der Waals surface area contributed by atoms with Gasteiger partial charge in [-0.1, -0.05) is 12.1 Å². The number of anilines is 2. The van der Waals surface area contributed by atoms with Crippen molar-refractivity contribution in [1.29, 1.82) is 0 Å². The Morgan fingerprint density at radius 2 is 1.94 bits per heavy atom. The van der Waals surface area contributed by atoms with Crippen molar-refractivity contribution in [3.8, 4) is 22.9 Å². The zero-order chi connectivity index (χ0) is 33.0. The van der Waals surface area contributed by atoms with Crippen LogP contribution < -0.4 is 20.7 Å². The van der Waals surface area contributed by atoms with Crippen LogP contribution in [0, 0.1) is 23.5 Å². The van der Waals surface area contributed by atoms with E-state index in [4.69, 9.17) is 4.74 Å². The number of ether oxygens (including phenoxy) is 1. The smallest absolute Gasteiger partial charge is 0.251 e. The van der Waals surface area contributed by atoms with Crippen molar-refractivity contribution < 1.29 is 18.3 Å². The summed E-state index contributed by atoms with van der Waals surface area (Å²) >= 11 is 0. The number of nitrogens with zero attached hydrogens (tertiary/aromatic N) is 6.